The molecule has 0 aliphatic rings. The van der Waals surface area contributed by atoms with E-state index in [-0.39, 0.29) is 24.0 Å². The Bertz CT molecular complexity index is 630. The third-order valence-electron chi connectivity index (χ3n) is 2.31. The minimum Gasteiger partial charge on any atom is -0.395 e. The number of hydrogen-bond donors (Lipinski definition) is 2. The van der Waals surface area contributed by atoms with E-state index in [1.165, 1.54) is 22.8 Å². The van der Waals surface area contributed by atoms with E-state index < -0.39 is 10.0 Å². The number of rotatable bonds is 4. The van der Waals surface area contributed by atoms with Crippen LogP contribution in [0, 0.1) is 0 Å². The molecule has 0 amide bonds. The standard InChI is InChI=1S/C8H12N4O3S2/c1-11(2-4-13)17(14,15)7-6(9)10-8-12(7)3-5-16-8/h3,5,13H,2,4,9H2,1H3. The lowest BCUT2D eigenvalue weighted by molar-refractivity contribution is 0.266. The summed E-state index contributed by atoms with van der Waals surface area (Å²) in [5.74, 6) is -0.0263. The lowest BCUT2D eigenvalue weighted by Crippen LogP contribution is -2.30. The second-order valence-electron chi connectivity index (χ2n) is 3.41. The highest BCUT2D eigenvalue weighted by Gasteiger charge is 2.28. The zero-order valence-corrected chi connectivity index (χ0v) is 10.7. The summed E-state index contributed by atoms with van der Waals surface area (Å²) >= 11 is 1.30. The number of nitrogen functional groups attached to an aromatic ring is 1. The molecule has 2 aromatic heterocycles. The Labute approximate surface area is 102 Å². The lowest BCUT2D eigenvalue weighted by Gasteiger charge is -2.15. The van der Waals surface area contributed by atoms with Gasteiger partial charge in [-0.15, -0.1) is 11.3 Å². The SMILES string of the molecule is CN(CCO)S(=O)(=O)c1c(N)nc2sccn12. The van der Waals surface area contributed by atoms with Gasteiger partial charge in [0, 0.05) is 25.2 Å². The predicted octanol–water partition coefficient (Wildman–Crippen LogP) is -0.409. The van der Waals surface area contributed by atoms with Crippen LogP contribution in [-0.4, -0.2) is 47.4 Å². The van der Waals surface area contributed by atoms with Crippen LogP contribution >= 0.6 is 11.3 Å². The van der Waals surface area contributed by atoms with Crippen molar-refractivity contribution in [2.24, 2.45) is 0 Å². The maximum Gasteiger partial charge on any atom is 0.262 e. The fourth-order valence-electron chi connectivity index (χ4n) is 1.45. The molecular weight excluding hydrogens is 264 g/mol. The maximum absolute atomic E-state index is 12.2. The van der Waals surface area contributed by atoms with E-state index in [9.17, 15) is 8.42 Å². The minimum absolute atomic E-state index is 0.0130. The number of nitrogens with two attached hydrogens (primary N) is 1. The van der Waals surface area contributed by atoms with Gasteiger partial charge in [-0.1, -0.05) is 0 Å². The van der Waals surface area contributed by atoms with Crippen molar-refractivity contribution in [3.8, 4) is 0 Å². The number of aromatic nitrogens is 2. The highest BCUT2D eigenvalue weighted by Crippen LogP contribution is 2.25. The van der Waals surface area contributed by atoms with Crippen LogP contribution in [0.15, 0.2) is 16.6 Å². The Hall–Kier alpha value is -1.16. The van der Waals surface area contributed by atoms with Crippen LogP contribution in [0.3, 0.4) is 0 Å². The van der Waals surface area contributed by atoms with Crippen molar-refractivity contribution in [3.05, 3.63) is 11.6 Å². The molecule has 9 heteroatoms. The monoisotopic (exact) mass is 276 g/mol. The summed E-state index contributed by atoms with van der Waals surface area (Å²) in [6.07, 6.45) is 1.60. The molecular formula is C8H12N4O3S2. The van der Waals surface area contributed by atoms with Crippen LogP contribution in [0.5, 0.6) is 0 Å². The van der Waals surface area contributed by atoms with Crippen LogP contribution < -0.4 is 5.73 Å². The lowest BCUT2D eigenvalue weighted by atomic mass is 10.7. The number of fused-ring (bicyclic) bond motifs is 1. The Morgan fingerprint density at radius 3 is 3.00 bits per heavy atom. The summed E-state index contributed by atoms with van der Waals surface area (Å²) in [7, 11) is -2.34. The van der Waals surface area contributed by atoms with Crippen LogP contribution in [0.2, 0.25) is 0 Å². The highest BCUT2D eigenvalue weighted by molar-refractivity contribution is 7.89. The predicted molar refractivity (Wildman–Crippen MR) is 64.4 cm³/mol. The molecule has 0 aliphatic carbocycles. The molecule has 0 atom stereocenters. The molecule has 0 saturated heterocycles. The second-order valence-corrected chi connectivity index (χ2v) is 6.24. The first-order chi connectivity index (χ1) is 7.98. The Morgan fingerprint density at radius 2 is 2.35 bits per heavy atom. The van der Waals surface area contributed by atoms with Gasteiger partial charge in [0.1, 0.15) is 0 Å². The summed E-state index contributed by atoms with van der Waals surface area (Å²) in [4.78, 5) is 4.50. The van der Waals surface area contributed by atoms with Gasteiger partial charge < -0.3 is 10.8 Å². The summed E-state index contributed by atoms with van der Waals surface area (Å²) < 4.78 is 26.9. The highest BCUT2D eigenvalue weighted by atomic mass is 32.2. The van der Waals surface area contributed by atoms with Crippen molar-refractivity contribution in [2.75, 3.05) is 25.9 Å². The number of aliphatic hydroxyl groups excluding tert-OH is 1. The van der Waals surface area contributed by atoms with Crippen molar-refractivity contribution in [3.63, 3.8) is 0 Å². The van der Waals surface area contributed by atoms with Crippen molar-refractivity contribution >= 4 is 32.1 Å². The number of thiazole rings is 1. The molecule has 94 valence electrons. The van der Waals surface area contributed by atoms with Crippen molar-refractivity contribution in [1.29, 1.82) is 0 Å². The van der Waals surface area contributed by atoms with Gasteiger partial charge in [-0.25, -0.2) is 13.4 Å². The molecule has 0 radical (unpaired) electrons. The number of aliphatic hydroxyl groups is 1. The summed E-state index contributed by atoms with van der Waals surface area (Å²) in [5, 5.41) is 10.5. The van der Waals surface area contributed by atoms with Crippen LogP contribution in [0.4, 0.5) is 5.82 Å². The van der Waals surface area contributed by atoms with Gasteiger partial charge in [0.15, 0.2) is 15.8 Å². The number of likely N-dealkylation sites (N-methyl/N-ethyl adjacent to an activating group) is 1. The Kier molecular flexibility index (Phi) is 3.08. The summed E-state index contributed by atoms with van der Waals surface area (Å²) in [6, 6.07) is 0. The second kappa shape index (κ2) is 4.26. The molecule has 17 heavy (non-hydrogen) atoms. The van der Waals surface area contributed by atoms with Gasteiger partial charge in [-0.2, -0.15) is 4.31 Å². The molecule has 2 aromatic rings. The first-order valence-electron chi connectivity index (χ1n) is 4.76. The van der Waals surface area contributed by atoms with Crippen LogP contribution in [0.1, 0.15) is 0 Å². The third-order valence-corrected chi connectivity index (χ3v) is 4.97. The molecule has 0 aliphatic heterocycles. The van der Waals surface area contributed by atoms with E-state index >= 15 is 0 Å². The minimum atomic E-state index is -3.73. The van der Waals surface area contributed by atoms with E-state index in [2.05, 4.69) is 4.98 Å². The van der Waals surface area contributed by atoms with E-state index in [0.717, 1.165) is 4.31 Å². The fraction of sp³-hybridized carbons (Fsp3) is 0.375. The maximum atomic E-state index is 12.2. The van der Waals surface area contributed by atoms with E-state index in [0.29, 0.717) is 4.96 Å². The van der Waals surface area contributed by atoms with Gasteiger partial charge in [0.05, 0.1) is 6.61 Å². The van der Waals surface area contributed by atoms with E-state index in [4.69, 9.17) is 10.8 Å². The molecule has 0 fully saturated rings. The molecule has 7 nitrogen and oxygen atoms in total. The van der Waals surface area contributed by atoms with Crippen molar-refractivity contribution < 1.29 is 13.5 Å². The Morgan fingerprint density at radius 1 is 1.65 bits per heavy atom. The van der Waals surface area contributed by atoms with Gasteiger partial charge in [0.2, 0.25) is 0 Å². The number of sulfonamides is 1. The molecule has 2 heterocycles. The summed E-state index contributed by atoms with van der Waals surface area (Å²) in [6.45, 7) is -0.236. The first-order valence-corrected chi connectivity index (χ1v) is 7.08. The smallest absolute Gasteiger partial charge is 0.262 e. The third kappa shape index (κ3) is 1.90. The van der Waals surface area contributed by atoms with Crippen LogP contribution in [0.25, 0.3) is 4.96 Å². The summed E-state index contributed by atoms with van der Waals surface area (Å²) in [5.41, 5.74) is 5.62. The van der Waals surface area contributed by atoms with Gasteiger partial charge >= 0.3 is 0 Å². The molecule has 0 saturated carbocycles. The van der Waals surface area contributed by atoms with Crippen molar-refractivity contribution in [2.45, 2.75) is 5.03 Å². The molecule has 0 unspecified atom stereocenters. The molecule has 0 aromatic carbocycles. The van der Waals surface area contributed by atoms with Gasteiger partial charge in [-0.05, 0) is 0 Å². The number of hydrogen-bond acceptors (Lipinski definition) is 6. The molecule has 0 spiro atoms. The van der Waals surface area contributed by atoms with Crippen LogP contribution in [-0.2, 0) is 10.0 Å². The normalized spacial score (nSPS) is 12.6. The van der Waals surface area contributed by atoms with Crippen molar-refractivity contribution in [1.82, 2.24) is 13.7 Å². The first kappa shape index (κ1) is 12.3. The zero-order chi connectivity index (χ0) is 12.6. The van der Waals surface area contributed by atoms with E-state index in [1.807, 2.05) is 0 Å². The molecule has 3 N–H and O–H groups in total. The Balaban J connectivity index is 2.59. The average molecular weight is 276 g/mol. The molecule has 0 bridgehead atoms. The van der Waals surface area contributed by atoms with Gasteiger partial charge in [-0.3, -0.25) is 4.40 Å². The van der Waals surface area contributed by atoms with E-state index in [1.54, 1.807) is 11.6 Å². The number of imidazole rings is 1. The quantitative estimate of drug-likeness (QED) is 0.790. The number of anilines is 1. The molecule has 2 rings (SSSR count). The average Bonchev–Trinajstić information content (AvgIpc) is 2.76. The zero-order valence-electron chi connectivity index (χ0n) is 9.07. The van der Waals surface area contributed by atoms with Gasteiger partial charge in [0.25, 0.3) is 10.0 Å². The number of nitrogens with zero attached hydrogens (tertiary/aromatic N) is 3. The topological polar surface area (TPSA) is 101 Å². The largest absolute Gasteiger partial charge is 0.395 e. The fourth-order valence-corrected chi connectivity index (χ4v) is 3.55.